The summed E-state index contributed by atoms with van der Waals surface area (Å²) in [4.78, 5) is 15.0. The maximum atomic E-state index is 5.50. The van der Waals surface area contributed by atoms with Crippen molar-refractivity contribution < 1.29 is 4.74 Å². The molecule has 1 rings (SSSR count). The van der Waals surface area contributed by atoms with Crippen molar-refractivity contribution in [2.24, 2.45) is 20.7 Å². The predicted octanol–water partition coefficient (Wildman–Crippen LogP) is 1.05. The molecule has 6 nitrogen and oxygen atoms in total. The first-order valence-electron chi connectivity index (χ1n) is 6.36. The molecule has 0 aromatic carbocycles. The summed E-state index contributed by atoms with van der Waals surface area (Å²) in [6.07, 6.45) is 1.72. The number of hydrogen-bond acceptors (Lipinski definition) is 3. The molecule has 106 valence electrons. The first-order valence-corrected chi connectivity index (χ1v) is 6.36. The van der Waals surface area contributed by atoms with Crippen molar-refractivity contribution in [3.05, 3.63) is 11.8 Å². The van der Waals surface area contributed by atoms with Crippen LogP contribution in [0.1, 0.15) is 20.8 Å². The summed E-state index contributed by atoms with van der Waals surface area (Å²) in [7, 11) is 1.75. The Labute approximate surface area is 114 Å². The number of ether oxygens (including phenoxy) is 1. The minimum Gasteiger partial charge on any atom is -0.387 e. The predicted molar refractivity (Wildman–Crippen MR) is 79.9 cm³/mol. The fraction of sp³-hybridized carbons (Fsp3) is 0.615. The van der Waals surface area contributed by atoms with E-state index >= 15 is 0 Å². The van der Waals surface area contributed by atoms with Crippen molar-refractivity contribution in [3.63, 3.8) is 0 Å². The highest BCUT2D eigenvalue weighted by Crippen LogP contribution is 2.04. The molecule has 0 saturated carbocycles. The van der Waals surface area contributed by atoms with Gasteiger partial charge in [-0.2, -0.15) is 0 Å². The van der Waals surface area contributed by atoms with E-state index < -0.39 is 0 Å². The van der Waals surface area contributed by atoms with Crippen molar-refractivity contribution in [2.75, 3.05) is 33.4 Å². The smallest absolute Gasteiger partial charge is 0.220 e. The van der Waals surface area contributed by atoms with Crippen molar-refractivity contribution in [2.45, 2.75) is 20.8 Å². The summed E-state index contributed by atoms with van der Waals surface area (Å²) in [5, 5.41) is 0. The van der Waals surface area contributed by atoms with Gasteiger partial charge in [0.05, 0.1) is 19.0 Å². The molecule has 0 aliphatic carbocycles. The molecular weight excluding hydrogens is 242 g/mol. The first kappa shape index (κ1) is 15.4. The number of rotatable bonds is 2. The second-order valence-electron chi connectivity index (χ2n) is 4.40. The normalized spacial score (nSPS) is 19.9. The number of morpholine rings is 1. The Balaban J connectivity index is 2.80. The van der Waals surface area contributed by atoms with Gasteiger partial charge in [-0.3, -0.25) is 4.99 Å². The Morgan fingerprint density at radius 1 is 1.21 bits per heavy atom. The SMILES string of the molecule is CN=C(N=C(C)/C(C)=C/N=C(C)N)N1CCOCC1. The van der Waals surface area contributed by atoms with Crippen LogP contribution < -0.4 is 5.73 Å². The first-order chi connectivity index (χ1) is 9.04. The second-order valence-corrected chi connectivity index (χ2v) is 4.40. The van der Waals surface area contributed by atoms with Gasteiger partial charge in [0.25, 0.3) is 0 Å². The molecule has 1 heterocycles. The molecule has 19 heavy (non-hydrogen) atoms. The summed E-state index contributed by atoms with van der Waals surface area (Å²) in [6, 6.07) is 0. The minimum absolute atomic E-state index is 0.532. The van der Waals surface area contributed by atoms with Gasteiger partial charge >= 0.3 is 0 Å². The molecule has 0 radical (unpaired) electrons. The Kier molecular flexibility index (Phi) is 6.21. The summed E-state index contributed by atoms with van der Waals surface area (Å²) in [5.74, 6) is 1.27. The van der Waals surface area contributed by atoms with Crippen LogP contribution in [0, 0.1) is 0 Å². The maximum absolute atomic E-state index is 5.50. The number of guanidine groups is 1. The van der Waals surface area contributed by atoms with Gasteiger partial charge in [0.2, 0.25) is 5.96 Å². The quantitative estimate of drug-likeness (QED) is 0.599. The van der Waals surface area contributed by atoms with Crippen LogP contribution in [0.3, 0.4) is 0 Å². The Bertz CT molecular complexity index is 413. The van der Waals surface area contributed by atoms with Crippen LogP contribution in [0.25, 0.3) is 0 Å². The van der Waals surface area contributed by atoms with Gasteiger partial charge in [-0.05, 0) is 26.3 Å². The number of nitrogens with zero attached hydrogens (tertiary/aromatic N) is 4. The van der Waals surface area contributed by atoms with Gasteiger partial charge in [-0.1, -0.05) is 0 Å². The van der Waals surface area contributed by atoms with E-state index in [2.05, 4.69) is 19.9 Å². The molecule has 0 aromatic heterocycles. The molecular formula is C13H23N5O. The van der Waals surface area contributed by atoms with Gasteiger partial charge in [0.15, 0.2) is 0 Å². The number of nitrogens with two attached hydrogens (primary N) is 1. The van der Waals surface area contributed by atoms with Crippen LogP contribution in [-0.2, 0) is 4.74 Å². The number of amidine groups is 1. The van der Waals surface area contributed by atoms with Crippen molar-refractivity contribution in [1.82, 2.24) is 4.90 Å². The Hall–Kier alpha value is -1.69. The zero-order chi connectivity index (χ0) is 14.3. The lowest BCUT2D eigenvalue weighted by Gasteiger charge is -2.27. The highest BCUT2D eigenvalue weighted by atomic mass is 16.5. The zero-order valence-electron chi connectivity index (χ0n) is 12.2. The third-order valence-corrected chi connectivity index (χ3v) is 2.79. The van der Waals surface area contributed by atoms with E-state index in [0.29, 0.717) is 5.84 Å². The minimum atomic E-state index is 0.532. The molecule has 1 fully saturated rings. The van der Waals surface area contributed by atoms with E-state index in [0.717, 1.165) is 43.5 Å². The van der Waals surface area contributed by atoms with E-state index in [1.54, 1.807) is 20.2 Å². The van der Waals surface area contributed by atoms with E-state index in [-0.39, 0.29) is 0 Å². The van der Waals surface area contributed by atoms with E-state index in [1.165, 1.54) is 0 Å². The van der Waals surface area contributed by atoms with Crippen LogP contribution in [0.15, 0.2) is 26.8 Å². The summed E-state index contributed by atoms with van der Waals surface area (Å²) < 4.78 is 5.32. The summed E-state index contributed by atoms with van der Waals surface area (Å²) in [5.41, 5.74) is 7.36. The van der Waals surface area contributed by atoms with E-state index in [9.17, 15) is 0 Å². The Morgan fingerprint density at radius 3 is 2.37 bits per heavy atom. The topological polar surface area (TPSA) is 75.6 Å². The largest absolute Gasteiger partial charge is 0.387 e. The van der Waals surface area contributed by atoms with Gasteiger partial charge in [-0.25, -0.2) is 9.98 Å². The average Bonchev–Trinajstić information content (AvgIpc) is 2.42. The molecule has 6 heteroatoms. The third kappa shape index (κ3) is 5.21. The van der Waals surface area contributed by atoms with Gasteiger partial charge < -0.3 is 15.4 Å². The summed E-state index contributed by atoms with van der Waals surface area (Å²) in [6.45, 7) is 8.75. The van der Waals surface area contributed by atoms with Gasteiger partial charge in [0.1, 0.15) is 0 Å². The maximum Gasteiger partial charge on any atom is 0.220 e. The molecule has 0 amide bonds. The molecule has 0 bridgehead atoms. The van der Waals surface area contributed by atoms with Gasteiger partial charge in [0, 0.05) is 32.0 Å². The standard InChI is InChI=1S/C13H23N5O/c1-10(9-16-12(3)14)11(2)17-13(15-4)18-5-7-19-8-6-18/h9H,5-8H2,1-4H3,(H2,14,16)/b10-9+,15-13?,17-11?. The molecule has 1 aliphatic rings. The third-order valence-electron chi connectivity index (χ3n) is 2.79. The number of aliphatic imine (C=N–C) groups is 3. The van der Waals surface area contributed by atoms with E-state index in [1.807, 2.05) is 13.8 Å². The lowest BCUT2D eigenvalue weighted by molar-refractivity contribution is 0.0675. The molecule has 1 aliphatic heterocycles. The van der Waals surface area contributed by atoms with Crippen LogP contribution in [0.5, 0.6) is 0 Å². The second kappa shape index (κ2) is 7.68. The number of allylic oxidation sites excluding steroid dienone is 1. The van der Waals surface area contributed by atoms with Crippen molar-refractivity contribution in [1.29, 1.82) is 0 Å². The van der Waals surface area contributed by atoms with Crippen LogP contribution in [0.4, 0.5) is 0 Å². The van der Waals surface area contributed by atoms with E-state index in [4.69, 9.17) is 10.5 Å². The molecule has 2 N–H and O–H groups in total. The summed E-state index contributed by atoms with van der Waals surface area (Å²) >= 11 is 0. The van der Waals surface area contributed by atoms with Gasteiger partial charge in [-0.15, -0.1) is 0 Å². The highest BCUT2D eigenvalue weighted by Gasteiger charge is 2.14. The fourth-order valence-electron chi connectivity index (χ4n) is 1.56. The van der Waals surface area contributed by atoms with Crippen LogP contribution >= 0.6 is 0 Å². The van der Waals surface area contributed by atoms with Crippen molar-refractivity contribution in [3.8, 4) is 0 Å². The molecule has 0 unspecified atom stereocenters. The van der Waals surface area contributed by atoms with Crippen LogP contribution in [0.2, 0.25) is 0 Å². The number of hydrogen-bond donors (Lipinski definition) is 1. The fourth-order valence-corrected chi connectivity index (χ4v) is 1.56. The zero-order valence-corrected chi connectivity index (χ0v) is 12.2. The molecule has 0 spiro atoms. The van der Waals surface area contributed by atoms with Crippen molar-refractivity contribution >= 4 is 17.5 Å². The average molecular weight is 265 g/mol. The lowest BCUT2D eigenvalue weighted by Crippen LogP contribution is -2.40. The molecule has 1 saturated heterocycles. The highest BCUT2D eigenvalue weighted by molar-refractivity contribution is 6.05. The van der Waals surface area contributed by atoms with Crippen LogP contribution in [-0.4, -0.2) is 55.8 Å². The molecule has 0 atom stereocenters. The Morgan fingerprint density at radius 2 is 1.84 bits per heavy atom. The molecule has 0 aromatic rings. The monoisotopic (exact) mass is 265 g/mol. The lowest BCUT2D eigenvalue weighted by atomic mass is 10.2.